The van der Waals surface area contributed by atoms with Crippen LogP contribution < -0.4 is 15.8 Å². The predicted molar refractivity (Wildman–Crippen MR) is 63.9 cm³/mol. The van der Waals surface area contributed by atoms with E-state index in [1.54, 1.807) is 0 Å². The molecule has 98 valence electrons. The lowest BCUT2D eigenvalue weighted by molar-refractivity contribution is 0.259. The van der Waals surface area contributed by atoms with Crippen LogP contribution >= 0.6 is 0 Å². The molecular weight excluding hydrogens is 256 g/mol. The van der Waals surface area contributed by atoms with E-state index in [1.807, 2.05) is 0 Å². The molecule has 0 atom stereocenters. The number of primary amides is 1. The molecule has 2 aromatic rings. The molecule has 0 spiro atoms. The molecule has 0 fully saturated rings. The Hall–Kier alpha value is -2.70. The van der Waals surface area contributed by atoms with E-state index in [0.29, 0.717) is 11.8 Å². The van der Waals surface area contributed by atoms with E-state index in [9.17, 15) is 13.6 Å². The van der Waals surface area contributed by atoms with Crippen LogP contribution in [0.4, 0.5) is 19.3 Å². The molecule has 1 aromatic carbocycles. The van der Waals surface area contributed by atoms with Gasteiger partial charge in [0.1, 0.15) is 5.82 Å². The van der Waals surface area contributed by atoms with Crippen LogP contribution in [0.15, 0.2) is 36.5 Å². The highest BCUT2D eigenvalue weighted by atomic mass is 19.1. The van der Waals surface area contributed by atoms with E-state index in [0.717, 1.165) is 12.1 Å². The average Bonchev–Trinajstić information content (AvgIpc) is 2.34. The summed E-state index contributed by atoms with van der Waals surface area (Å²) < 4.78 is 31.1. The van der Waals surface area contributed by atoms with Crippen molar-refractivity contribution in [1.82, 2.24) is 4.98 Å². The molecule has 0 aliphatic rings. The van der Waals surface area contributed by atoms with Gasteiger partial charge >= 0.3 is 6.03 Å². The Bertz CT molecular complexity index is 602. The number of benzene rings is 1. The van der Waals surface area contributed by atoms with Crippen molar-refractivity contribution in [3.05, 3.63) is 48.2 Å². The lowest BCUT2D eigenvalue weighted by Crippen LogP contribution is -2.19. The lowest BCUT2D eigenvalue weighted by atomic mass is 10.3. The number of urea groups is 1. The Morgan fingerprint density at radius 2 is 2.05 bits per heavy atom. The minimum Gasteiger partial charge on any atom is -0.436 e. The zero-order valence-electron chi connectivity index (χ0n) is 9.56. The van der Waals surface area contributed by atoms with Crippen LogP contribution in [0.5, 0.6) is 11.6 Å². The number of nitrogens with one attached hydrogen (secondary N) is 1. The van der Waals surface area contributed by atoms with Gasteiger partial charge in [-0.25, -0.2) is 18.6 Å². The number of rotatable bonds is 3. The highest BCUT2D eigenvalue weighted by Gasteiger charge is 2.07. The van der Waals surface area contributed by atoms with E-state index < -0.39 is 17.7 Å². The molecule has 0 bridgehead atoms. The molecule has 1 heterocycles. The van der Waals surface area contributed by atoms with Crippen molar-refractivity contribution in [2.45, 2.75) is 0 Å². The van der Waals surface area contributed by atoms with Crippen LogP contribution in [0.25, 0.3) is 0 Å². The van der Waals surface area contributed by atoms with Crippen molar-refractivity contribution < 1.29 is 18.3 Å². The third-order valence-corrected chi connectivity index (χ3v) is 2.11. The average molecular weight is 265 g/mol. The second-order valence-corrected chi connectivity index (χ2v) is 3.55. The molecule has 7 heteroatoms. The fourth-order valence-electron chi connectivity index (χ4n) is 1.33. The van der Waals surface area contributed by atoms with Crippen LogP contribution in [-0.4, -0.2) is 11.0 Å². The number of pyridine rings is 1. The van der Waals surface area contributed by atoms with Gasteiger partial charge in [0, 0.05) is 12.1 Å². The Morgan fingerprint density at radius 1 is 1.26 bits per heavy atom. The number of hydrogen-bond acceptors (Lipinski definition) is 3. The molecule has 0 unspecified atom stereocenters. The maximum Gasteiger partial charge on any atom is 0.316 e. The number of ether oxygens (including phenoxy) is 1. The highest BCUT2D eigenvalue weighted by Crippen LogP contribution is 2.24. The quantitative estimate of drug-likeness (QED) is 0.895. The Morgan fingerprint density at radius 3 is 2.63 bits per heavy atom. The molecule has 0 aliphatic heterocycles. The zero-order valence-corrected chi connectivity index (χ0v) is 9.56. The fraction of sp³-hybridized carbons (Fsp3) is 0. The van der Waals surface area contributed by atoms with Gasteiger partial charge in [-0.15, -0.1) is 0 Å². The number of amides is 2. The number of nitrogens with zero attached hydrogens (tertiary/aromatic N) is 1. The number of anilines is 1. The normalized spacial score (nSPS) is 10.0. The third kappa shape index (κ3) is 3.38. The van der Waals surface area contributed by atoms with Crippen LogP contribution in [0.2, 0.25) is 0 Å². The third-order valence-electron chi connectivity index (χ3n) is 2.11. The van der Waals surface area contributed by atoms with Crippen molar-refractivity contribution in [1.29, 1.82) is 0 Å². The summed E-state index contributed by atoms with van der Waals surface area (Å²) in [5, 5.41) is 2.31. The summed E-state index contributed by atoms with van der Waals surface area (Å²) in [6.07, 6.45) is 1.29. The smallest absolute Gasteiger partial charge is 0.316 e. The summed E-state index contributed by atoms with van der Waals surface area (Å²) >= 11 is 0. The fourth-order valence-corrected chi connectivity index (χ4v) is 1.33. The van der Waals surface area contributed by atoms with Crippen molar-refractivity contribution in [3.63, 3.8) is 0 Å². The molecule has 0 aliphatic carbocycles. The number of nitrogens with two attached hydrogens (primary N) is 1. The lowest BCUT2D eigenvalue weighted by Gasteiger charge is -2.06. The maximum atomic E-state index is 13.3. The second kappa shape index (κ2) is 5.30. The molecule has 3 N–H and O–H groups in total. The minimum atomic E-state index is -0.832. The van der Waals surface area contributed by atoms with Gasteiger partial charge in [-0.3, -0.25) is 0 Å². The maximum absolute atomic E-state index is 13.3. The first kappa shape index (κ1) is 12.7. The molecule has 0 saturated heterocycles. The van der Waals surface area contributed by atoms with Gasteiger partial charge in [0.25, 0.3) is 0 Å². The largest absolute Gasteiger partial charge is 0.436 e. The Kier molecular flexibility index (Phi) is 3.56. The first-order valence-corrected chi connectivity index (χ1v) is 5.20. The summed E-state index contributed by atoms with van der Waals surface area (Å²) in [6.45, 7) is 0. The zero-order chi connectivity index (χ0) is 13.8. The molecule has 19 heavy (non-hydrogen) atoms. The van der Waals surface area contributed by atoms with Crippen molar-refractivity contribution in [2.75, 3.05) is 5.32 Å². The van der Waals surface area contributed by atoms with Crippen LogP contribution in [0, 0.1) is 11.6 Å². The van der Waals surface area contributed by atoms with Crippen LogP contribution in [-0.2, 0) is 0 Å². The van der Waals surface area contributed by atoms with Crippen LogP contribution in [0.3, 0.4) is 0 Å². The number of carbonyl (C=O) groups excluding carboxylic acids is 1. The molecular formula is C12H9F2N3O2. The minimum absolute atomic E-state index is 0.0977. The summed E-state index contributed by atoms with van der Waals surface area (Å²) in [5.41, 5.74) is 5.30. The Labute approximate surface area is 107 Å². The second-order valence-electron chi connectivity index (χ2n) is 3.55. The SMILES string of the molecule is NC(=O)Nc1ccc(Oc2ccc(F)cc2F)nc1. The van der Waals surface area contributed by atoms with Crippen molar-refractivity contribution in [3.8, 4) is 11.6 Å². The highest BCUT2D eigenvalue weighted by molar-refractivity contribution is 5.87. The van der Waals surface area contributed by atoms with Crippen molar-refractivity contribution >= 4 is 11.7 Å². The first-order chi connectivity index (χ1) is 9.04. The summed E-state index contributed by atoms with van der Waals surface area (Å²) in [4.78, 5) is 14.4. The van der Waals surface area contributed by atoms with E-state index in [-0.39, 0.29) is 11.6 Å². The summed E-state index contributed by atoms with van der Waals surface area (Å²) in [6, 6.07) is 5.10. The van der Waals surface area contributed by atoms with Crippen molar-refractivity contribution in [2.24, 2.45) is 5.73 Å². The Balaban J connectivity index is 2.13. The van der Waals surface area contributed by atoms with Gasteiger partial charge < -0.3 is 15.8 Å². The van der Waals surface area contributed by atoms with Gasteiger partial charge in [-0.1, -0.05) is 0 Å². The van der Waals surface area contributed by atoms with E-state index in [1.165, 1.54) is 18.3 Å². The van der Waals surface area contributed by atoms with Crippen LogP contribution in [0.1, 0.15) is 0 Å². The predicted octanol–water partition coefficient (Wildman–Crippen LogP) is 2.64. The van der Waals surface area contributed by atoms with Gasteiger partial charge in [0.2, 0.25) is 5.88 Å². The van der Waals surface area contributed by atoms with Gasteiger partial charge in [-0.2, -0.15) is 0 Å². The van der Waals surface area contributed by atoms with Gasteiger partial charge in [0.15, 0.2) is 11.6 Å². The summed E-state index contributed by atoms with van der Waals surface area (Å²) in [7, 11) is 0. The number of hydrogen-bond donors (Lipinski definition) is 2. The van der Waals surface area contributed by atoms with E-state index in [4.69, 9.17) is 10.5 Å². The number of halogens is 2. The molecule has 2 rings (SSSR count). The van der Waals surface area contributed by atoms with E-state index >= 15 is 0 Å². The molecule has 5 nitrogen and oxygen atoms in total. The van der Waals surface area contributed by atoms with Gasteiger partial charge in [0.05, 0.1) is 11.9 Å². The first-order valence-electron chi connectivity index (χ1n) is 5.20. The standard InChI is InChI=1S/C12H9F2N3O2/c13-7-1-3-10(9(14)5-7)19-11-4-2-8(6-16-11)17-12(15)18/h1-6H,(H3,15,17,18). The molecule has 1 aromatic heterocycles. The molecule has 0 saturated carbocycles. The van der Waals surface area contributed by atoms with Gasteiger partial charge in [-0.05, 0) is 18.2 Å². The number of carbonyl (C=O) groups is 1. The monoisotopic (exact) mass is 265 g/mol. The summed E-state index contributed by atoms with van der Waals surface area (Å²) in [5.74, 6) is -1.58. The van der Waals surface area contributed by atoms with E-state index in [2.05, 4.69) is 10.3 Å². The molecule has 2 amide bonds. The number of aromatic nitrogens is 1. The molecule has 0 radical (unpaired) electrons. The topological polar surface area (TPSA) is 77.2 Å².